The van der Waals surface area contributed by atoms with E-state index in [1.54, 1.807) is 48.6 Å². The normalized spacial score (nSPS) is 22.7. The molecule has 3 aromatic rings. The second kappa shape index (κ2) is 7.72. The van der Waals surface area contributed by atoms with E-state index >= 15 is 0 Å². The van der Waals surface area contributed by atoms with Crippen LogP contribution in [0.1, 0.15) is 11.6 Å². The average Bonchev–Trinajstić information content (AvgIpc) is 3.31. The van der Waals surface area contributed by atoms with Crippen LogP contribution in [-0.4, -0.2) is 25.0 Å². The first-order valence-corrected chi connectivity index (χ1v) is 10.2. The first-order chi connectivity index (χ1) is 15.1. The van der Waals surface area contributed by atoms with Crippen molar-refractivity contribution in [3.63, 3.8) is 0 Å². The molecule has 0 radical (unpaired) electrons. The highest BCUT2D eigenvalue weighted by Gasteiger charge is 2.60. The molecular weight excluding hydrogens is 416 g/mol. The van der Waals surface area contributed by atoms with E-state index in [0.717, 1.165) is 11.3 Å². The summed E-state index contributed by atoms with van der Waals surface area (Å²) in [7, 11) is 1.56. The Morgan fingerprint density at radius 2 is 1.48 bits per heavy atom. The Morgan fingerprint density at radius 3 is 2.13 bits per heavy atom. The van der Waals surface area contributed by atoms with Crippen LogP contribution in [0.4, 0.5) is 11.4 Å². The maximum Gasteiger partial charge on any atom is 0.266 e. The highest BCUT2D eigenvalue weighted by atomic mass is 35.5. The monoisotopic (exact) mass is 434 g/mol. The van der Waals surface area contributed by atoms with Crippen LogP contribution in [-0.2, 0) is 14.4 Å². The molecule has 2 amide bonds. The zero-order valence-electron chi connectivity index (χ0n) is 16.6. The molecular formula is C24H19ClN2O4. The smallest absolute Gasteiger partial charge is 0.266 e. The summed E-state index contributed by atoms with van der Waals surface area (Å²) in [4.78, 5) is 34.1. The Labute approximate surface area is 184 Å². The Balaban J connectivity index is 1.55. The summed E-state index contributed by atoms with van der Waals surface area (Å²) in [5.74, 6) is -0.689. The SMILES string of the molecule is COc1ccc(N2C(=O)[C@H]3[C@@H](ON(c4ccc(Cl)cc4)[C@H]3c3ccccc3)C2=O)cc1. The number of halogens is 1. The summed E-state index contributed by atoms with van der Waals surface area (Å²) in [6.07, 6.45) is -0.907. The third-order valence-electron chi connectivity index (χ3n) is 5.67. The summed E-state index contributed by atoms with van der Waals surface area (Å²) in [6.45, 7) is 0. The van der Waals surface area contributed by atoms with Crippen molar-refractivity contribution in [2.45, 2.75) is 12.1 Å². The van der Waals surface area contributed by atoms with Gasteiger partial charge in [-0.1, -0.05) is 41.9 Å². The van der Waals surface area contributed by atoms with Gasteiger partial charge in [0.25, 0.3) is 5.91 Å². The van der Waals surface area contributed by atoms with Gasteiger partial charge in [0.05, 0.1) is 24.5 Å². The summed E-state index contributed by atoms with van der Waals surface area (Å²) < 4.78 is 5.18. The van der Waals surface area contributed by atoms with Gasteiger partial charge in [-0.3, -0.25) is 14.4 Å². The molecule has 3 aromatic carbocycles. The van der Waals surface area contributed by atoms with Gasteiger partial charge in [0.15, 0.2) is 6.10 Å². The molecule has 2 heterocycles. The van der Waals surface area contributed by atoms with Crippen molar-refractivity contribution in [3.8, 4) is 5.75 Å². The predicted octanol–water partition coefficient (Wildman–Crippen LogP) is 4.40. The molecule has 0 saturated carbocycles. The van der Waals surface area contributed by atoms with Crippen LogP contribution in [0.15, 0.2) is 78.9 Å². The lowest BCUT2D eigenvalue weighted by molar-refractivity contribution is -0.126. The van der Waals surface area contributed by atoms with Crippen molar-refractivity contribution in [3.05, 3.63) is 89.4 Å². The third kappa shape index (κ3) is 3.24. The van der Waals surface area contributed by atoms with Gasteiger partial charge in [-0.2, -0.15) is 0 Å². The number of benzene rings is 3. The van der Waals surface area contributed by atoms with E-state index in [9.17, 15) is 9.59 Å². The van der Waals surface area contributed by atoms with Gasteiger partial charge in [-0.15, -0.1) is 0 Å². The molecule has 0 spiro atoms. The highest BCUT2D eigenvalue weighted by molar-refractivity contribution is 6.30. The molecule has 31 heavy (non-hydrogen) atoms. The second-order valence-electron chi connectivity index (χ2n) is 7.42. The molecule has 3 atom stereocenters. The maximum atomic E-state index is 13.5. The minimum absolute atomic E-state index is 0.287. The van der Waals surface area contributed by atoms with E-state index in [0.29, 0.717) is 16.5 Å². The molecule has 2 aliphatic heterocycles. The molecule has 2 aliphatic rings. The topological polar surface area (TPSA) is 59.1 Å². The van der Waals surface area contributed by atoms with Crippen molar-refractivity contribution >= 4 is 34.8 Å². The van der Waals surface area contributed by atoms with E-state index in [2.05, 4.69) is 0 Å². The first kappa shape index (κ1) is 19.6. The molecule has 0 aliphatic carbocycles. The minimum Gasteiger partial charge on any atom is -0.497 e. The number of carbonyl (C=O) groups excluding carboxylic acids is 2. The summed E-state index contributed by atoms with van der Waals surface area (Å²) in [5.41, 5.74) is 2.12. The van der Waals surface area contributed by atoms with E-state index in [4.69, 9.17) is 21.2 Å². The Bertz CT molecular complexity index is 1120. The molecule has 0 aromatic heterocycles. The van der Waals surface area contributed by atoms with Gasteiger partial charge in [0, 0.05) is 5.02 Å². The lowest BCUT2D eigenvalue weighted by Gasteiger charge is -2.28. The third-order valence-corrected chi connectivity index (χ3v) is 5.92. The zero-order chi connectivity index (χ0) is 21.5. The Kier molecular flexibility index (Phi) is 4.88. The van der Waals surface area contributed by atoms with Crippen LogP contribution in [0.2, 0.25) is 5.02 Å². The predicted molar refractivity (Wildman–Crippen MR) is 117 cm³/mol. The quantitative estimate of drug-likeness (QED) is 0.570. The fraction of sp³-hybridized carbons (Fsp3) is 0.167. The number of hydrogen-bond donors (Lipinski definition) is 0. The molecule has 7 heteroatoms. The molecule has 0 N–H and O–H groups in total. The van der Waals surface area contributed by atoms with Crippen molar-refractivity contribution < 1.29 is 19.2 Å². The van der Waals surface area contributed by atoms with Crippen LogP contribution in [0.3, 0.4) is 0 Å². The van der Waals surface area contributed by atoms with Gasteiger partial charge in [0.1, 0.15) is 11.7 Å². The van der Waals surface area contributed by atoms with Crippen LogP contribution < -0.4 is 14.7 Å². The molecule has 2 fully saturated rings. The largest absolute Gasteiger partial charge is 0.497 e. The molecule has 2 saturated heterocycles. The Hall–Kier alpha value is -3.35. The summed E-state index contributed by atoms with van der Waals surface area (Å²) >= 11 is 6.04. The van der Waals surface area contributed by atoms with Gasteiger partial charge in [0.2, 0.25) is 5.91 Å². The average molecular weight is 435 g/mol. The molecule has 5 rings (SSSR count). The van der Waals surface area contributed by atoms with Gasteiger partial charge in [-0.05, 0) is 54.1 Å². The van der Waals surface area contributed by atoms with Crippen LogP contribution in [0.5, 0.6) is 5.75 Å². The van der Waals surface area contributed by atoms with E-state index < -0.39 is 18.1 Å². The number of hydroxylamine groups is 1. The molecule has 0 bridgehead atoms. The van der Waals surface area contributed by atoms with Crippen LogP contribution >= 0.6 is 11.6 Å². The summed E-state index contributed by atoms with van der Waals surface area (Å²) in [5, 5.41) is 2.25. The van der Waals surface area contributed by atoms with Gasteiger partial charge >= 0.3 is 0 Å². The number of methoxy groups -OCH3 is 1. The number of anilines is 2. The highest BCUT2D eigenvalue weighted by Crippen LogP contribution is 2.47. The molecule has 6 nitrogen and oxygen atoms in total. The fourth-order valence-electron chi connectivity index (χ4n) is 4.20. The molecule has 0 unspecified atom stereocenters. The van der Waals surface area contributed by atoms with E-state index in [1.165, 1.54) is 4.90 Å². The number of hydrogen-bond acceptors (Lipinski definition) is 5. The Morgan fingerprint density at radius 1 is 0.839 bits per heavy atom. The van der Waals surface area contributed by atoms with Crippen LogP contribution in [0.25, 0.3) is 0 Å². The number of carbonyl (C=O) groups is 2. The van der Waals surface area contributed by atoms with Crippen molar-refractivity contribution in [1.82, 2.24) is 0 Å². The van der Waals surface area contributed by atoms with Crippen molar-refractivity contribution in [2.75, 3.05) is 17.1 Å². The summed E-state index contributed by atoms with van der Waals surface area (Å²) in [6, 6.07) is 23.1. The standard InChI is InChI=1S/C24H19ClN2O4/c1-30-19-13-11-17(12-14-19)26-23(28)20-21(15-5-3-2-4-6-15)27(31-22(20)24(26)29)18-9-7-16(25)8-10-18/h2-14,20-22H,1H3/t20-,21+,22-/m1/s1. The molecule has 156 valence electrons. The number of fused-ring (bicyclic) bond motifs is 1. The van der Waals surface area contributed by atoms with Crippen LogP contribution in [0, 0.1) is 5.92 Å². The number of rotatable bonds is 4. The lowest BCUT2D eigenvalue weighted by Crippen LogP contribution is -2.37. The van der Waals surface area contributed by atoms with Gasteiger partial charge in [-0.25, -0.2) is 9.96 Å². The number of imide groups is 1. The van der Waals surface area contributed by atoms with E-state index in [-0.39, 0.29) is 11.8 Å². The maximum absolute atomic E-state index is 13.5. The van der Waals surface area contributed by atoms with Crippen molar-refractivity contribution in [1.29, 1.82) is 0 Å². The number of ether oxygens (including phenoxy) is 1. The number of nitrogens with zero attached hydrogens (tertiary/aromatic N) is 2. The van der Waals surface area contributed by atoms with Gasteiger partial charge < -0.3 is 4.74 Å². The lowest BCUT2D eigenvalue weighted by atomic mass is 9.90. The first-order valence-electron chi connectivity index (χ1n) is 9.87. The second-order valence-corrected chi connectivity index (χ2v) is 7.86. The zero-order valence-corrected chi connectivity index (χ0v) is 17.4. The van der Waals surface area contributed by atoms with Crippen molar-refractivity contribution in [2.24, 2.45) is 5.92 Å². The van der Waals surface area contributed by atoms with E-state index in [1.807, 2.05) is 42.5 Å². The number of amides is 2. The minimum atomic E-state index is -0.907. The fourth-order valence-corrected chi connectivity index (χ4v) is 4.33.